The van der Waals surface area contributed by atoms with E-state index in [1.165, 1.54) is 19.1 Å². The number of hydrogen-bond acceptors (Lipinski definition) is 3. The summed E-state index contributed by atoms with van der Waals surface area (Å²) >= 11 is 0. The first kappa shape index (κ1) is 13.0. The van der Waals surface area contributed by atoms with E-state index in [9.17, 15) is 9.18 Å². The lowest BCUT2D eigenvalue weighted by atomic mass is 10.2. The van der Waals surface area contributed by atoms with Crippen molar-refractivity contribution in [2.24, 2.45) is 0 Å². The van der Waals surface area contributed by atoms with Crippen molar-refractivity contribution in [3.8, 4) is 11.8 Å². The Kier molecular flexibility index (Phi) is 4.46. The molecule has 0 aromatic heterocycles. The summed E-state index contributed by atoms with van der Waals surface area (Å²) < 4.78 is 18.6. The SMILES string of the molecule is CCNC(=O)C(C)Oc1ccc(C#N)cc1F. The van der Waals surface area contributed by atoms with E-state index in [0.29, 0.717) is 6.54 Å². The van der Waals surface area contributed by atoms with Crippen LogP contribution in [-0.4, -0.2) is 18.6 Å². The highest BCUT2D eigenvalue weighted by Crippen LogP contribution is 2.19. The quantitative estimate of drug-likeness (QED) is 0.863. The van der Waals surface area contributed by atoms with Gasteiger partial charge in [-0.1, -0.05) is 0 Å². The number of benzene rings is 1. The molecular formula is C12H13FN2O2. The van der Waals surface area contributed by atoms with Gasteiger partial charge in [-0.25, -0.2) is 4.39 Å². The van der Waals surface area contributed by atoms with Gasteiger partial charge in [0.15, 0.2) is 17.7 Å². The van der Waals surface area contributed by atoms with Gasteiger partial charge in [0, 0.05) is 6.54 Å². The zero-order valence-corrected chi connectivity index (χ0v) is 9.66. The number of carbonyl (C=O) groups is 1. The number of likely N-dealkylation sites (N-methyl/N-ethyl adjacent to an activating group) is 1. The van der Waals surface area contributed by atoms with Crippen molar-refractivity contribution in [3.05, 3.63) is 29.6 Å². The van der Waals surface area contributed by atoms with Crippen LogP contribution in [-0.2, 0) is 4.79 Å². The first-order valence-electron chi connectivity index (χ1n) is 5.22. The molecule has 0 aliphatic carbocycles. The number of hydrogen-bond donors (Lipinski definition) is 1. The number of rotatable bonds is 4. The summed E-state index contributed by atoms with van der Waals surface area (Å²) in [6.07, 6.45) is -0.780. The van der Waals surface area contributed by atoms with E-state index in [-0.39, 0.29) is 17.2 Å². The van der Waals surface area contributed by atoms with Crippen molar-refractivity contribution in [1.29, 1.82) is 5.26 Å². The van der Waals surface area contributed by atoms with Gasteiger partial charge in [0.1, 0.15) is 0 Å². The minimum atomic E-state index is -0.780. The third kappa shape index (κ3) is 3.45. The summed E-state index contributed by atoms with van der Waals surface area (Å²) in [6.45, 7) is 3.80. The molecule has 1 amide bonds. The van der Waals surface area contributed by atoms with Crippen molar-refractivity contribution in [2.45, 2.75) is 20.0 Å². The summed E-state index contributed by atoms with van der Waals surface area (Å²) in [6, 6.07) is 5.66. The molecule has 1 unspecified atom stereocenters. The third-order valence-electron chi connectivity index (χ3n) is 2.08. The van der Waals surface area contributed by atoms with Crippen LogP contribution >= 0.6 is 0 Å². The first-order chi connectivity index (χ1) is 8.08. The van der Waals surface area contributed by atoms with Crippen molar-refractivity contribution >= 4 is 5.91 Å². The number of halogens is 1. The van der Waals surface area contributed by atoms with Crippen LogP contribution in [0.25, 0.3) is 0 Å². The molecule has 1 N–H and O–H groups in total. The van der Waals surface area contributed by atoms with Crippen LogP contribution in [0.2, 0.25) is 0 Å². The Morgan fingerprint density at radius 3 is 2.88 bits per heavy atom. The molecule has 0 aliphatic heterocycles. The van der Waals surface area contributed by atoms with Gasteiger partial charge in [-0.3, -0.25) is 4.79 Å². The summed E-state index contributed by atoms with van der Waals surface area (Å²) in [4.78, 5) is 11.4. The molecule has 5 heteroatoms. The Hall–Kier alpha value is -2.09. The lowest BCUT2D eigenvalue weighted by Crippen LogP contribution is -2.36. The molecule has 0 spiro atoms. The van der Waals surface area contributed by atoms with Crippen LogP contribution in [0.4, 0.5) is 4.39 Å². The summed E-state index contributed by atoms with van der Waals surface area (Å²) in [5, 5.41) is 11.1. The Bertz CT molecular complexity index is 454. The standard InChI is InChI=1S/C12H13FN2O2/c1-3-15-12(16)8(2)17-11-5-4-9(7-14)6-10(11)13/h4-6,8H,3H2,1-2H3,(H,15,16). The van der Waals surface area contributed by atoms with Crippen LogP contribution in [0.1, 0.15) is 19.4 Å². The van der Waals surface area contributed by atoms with Crippen LogP contribution in [0.5, 0.6) is 5.75 Å². The molecule has 0 radical (unpaired) electrons. The van der Waals surface area contributed by atoms with Crippen molar-refractivity contribution in [1.82, 2.24) is 5.32 Å². The molecule has 0 saturated heterocycles. The van der Waals surface area contributed by atoms with E-state index in [1.54, 1.807) is 6.92 Å². The highest BCUT2D eigenvalue weighted by atomic mass is 19.1. The van der Waals surface area contributed by atoms with Gasteiger partial charge < -0.3 is 10.1 Å². The van der Waals surface area contributed by atoms with E-state index in [2.05, 4.69) is 5.32 Å². The molecule has 17 heavy (non-hydrogen) atoms. The minimum absolute atomic E-state index is 0.0391. The monoisotopic (exact) mass is 236 g/mol. The molecule has 0 bridgehead atoms. The minimum Gasteiger partial charge on any atom is -0.478 e. The molecule has 0 aliphatic rings. The number of nitriles is 1. The third-order valence-corrected chi connectivity index (χ3v) is 2.08. The summed E-state index contributed by atoms with van der Waals surface area (Å²) in [5.74, 6) is -1.00. The molecule has 90 valence electrons. The van der Waals surface area contributed by atoms with Crippen LogP contribution in [0, 0.1) is 17.1 Å². The second-order valence-electron chi connectivity index (χ2n) is 3.41. The number of carbonyl (C=O) groups excluding carboxylic acids is 1. The van der Waals surface area contributed by atoms with Crippen LogP contribution in [0.15, 0.2) is 18.2 Å². The second-order valence-corrected chi connectivity index (χ2v) is 3.41. The Labute approximate surface area is 99.0 Å². The lowest BCUT2D eigenvalue weighted by Gasteiger charge is -2.14. The van der Waals surface area contributed by atoms with Gasteiger partial charge in [0.2, 0.25) is 0 Å². The Morgan fingerprint density at radius 1 is 1.65 bits per heavy atom. The zero-order valence-electron chi connectivity index (χ0n) is 9.66. The average molecular weight is 236 g/mol. The predicted molar refractivity (Wildman–Crippen MR) is 59.9 cm³/mol. The number of amides is 1. The zero-order chi connectivity index (χ0) is 12.8. The molecule has 1 aromatic rings. The smallest absolute Gasteiger partial charge is 0.260 e. The fourth-order valence-corrected chi connectivity index (χ4v) is 1.23. The van der Waals surface area contributed by atoms with E-state index < -0.39 is 11.9 Å². The van der Waals surface area contributed by atoms with E-state index in [4.69, 9.17) is 10.00 Å². The van der Waals surface area contributed by atoms with Gasteiger partial charge in [-0.2, -0.15) is 5.26 Å². The topological polar surface area (TPSA) is 62.1 Å². The number of nitrogens with zero attached hydrogens (tertiary/aromatic N) is 1. The van der Waals surface area contributed by atoms with Gasteiger partial charge in [-0.05, 0) is 32.0 Å². The van der Waals surface area contributed by atoms with Crippen molar-refractivity contribution in [2.75, 3.05) is 6.54 Å². The van der Waals surface area contributed by atoms with Crippen LogP contribution in [0.3, 0.4) is 0 Å². The molecule has 0 saturated carbocycles. The van der Waals surface area contributed by atoms with Gasteiger partial charge in [0.25, 0.3) is 5.91 Å². The molecule has 1 aromatic carbocycles. The van der Waals surface area contributed by atoms with Gasteiger partial charge in [-0.15, -0.1) is 0 Å². The Morgan fingerprint density at radius 2 is 2.35 bits per heavy atom. The maximum atomic E-state index is 13.4. The molecule has 1 atom stereocenters. The number of nitrogens with one attached hydrogen (secondary N) is 1. The highest BCUT2D eigenvalue weighted by molar-refractivity contribution is 5.80. The fourth-order valence-electron chi connectivity index (χ4n) is 1.23. The lowest BCUT2D eigenvalue weighted by molar-refractivity contribution is -0.127. The predicted octanol–water partition coefficient (Wildman–Crippen LogP) is 1.60. The maximum Gasteiger partial charge on any atom is 0.260 e. The second kappa shape index (κ2) is 5.85. The molecule has 4 nitrogen and oxygen atoms in total. The Balaban J connectivity index is 2.75. The summed E-state index contributed by atoms with van der Waals surface area (Å²) in [5.41, 5.74) is 0.209. The molecule has 0 fully saturated rings. The van der Waals surface area contributed by atoms with Gasteiger partial charge >= 0.3 is 0 Å². The van der Waals surface area contributed by atoms with Crippen molar-refractivity contribution < 1.29 is 13.9 Å². The normalized spacial score (nSPS) is 11.4. The van der Waals surface area contributed by atoms with Gasteiger partial charge in [0.05, 0.1) is 11.6 Å². The fraction of sp³-hybridized carbons (Fsp3) is 0.333. The average Bonchev–Trinajstić information content (AvgIpc) is 2.31. The first-order valence-corrected chi connectivity index (χ1v) is 5.22. The highest BCUT2D eigenvalue weighted by Gasteiger charge is 2.15. The van der Waals surface area contributed by atoms with E-state index >= 15 is 0 Å². The number of ether oxygens (including phenoxy) is 1. The summed E-state index contributed by atoms with van der Waals surface area (Å²) in [7, 11) is 0. The largest absolute Gasteiger partial charge is 0.478 e. The van der Waals surface area contributed by atoms with E-state index in [1.807, 2.05) is 6.07 Å². The molecular weight excluding hydrogens is 223 g/mol. The maximum absolute atomic E-state index is 13.4. The van der Waals surface area contributed by atoms with E-state index in [0.717, 1.165) is 6.07 Å². The van der Waals surface area contributed by atoms with Crippen LogP contribution < -0.4 is 10.1 Å². The molecule has 0 heterocycles. The van der Waals surface area contributed by atoms with Crippen molar-refractivity contribution in [3.63, 3.8) is 0 Å². The molecule has 1 rings (SSSR count).